The Kier molecular flexibility index (Phi) is 7.37. The van der Waals surface area contributed by atoms with E-state index in [1.165, 1.54) is 0 Å². The molecule has 0 atom stereocenters. The number of aromatic nitrogens is 3. The number of amides is 1. The van der Waals surface area contributed by atoms with Gasteiger partial charge in [-0.25, -0.2) is 13.4 Å². The van der Waals surface area contributed by atoms with Gasteiger partial charge in [0, 0.05) is 53.0 Å². The zero-order valence-corrected chi connectivity index (χ0v) is 23.4. The molecule has 3 N–H and O–H groups in total. The smallest absolute Gasteiger partial charge is 0.270 e. The second kappa shape index (κ2) is 10.7. The molecule has 0 bridgehead atoms. The van der Waals surface area contributed by atoms with Gasteiger partial charge in [0.25, 0.3) is 5.91 Å². The van der Waals surface area contributed by atoms with Crippen molar-refractivity contribution < 1.29 is 17.9 Å². The fourth-order valence-corrected chi connectivity index (χ4v) is 5.32. The van der Waals surface area contributed by atoms with Crippen molar-refractivity contribution in [1.29, 1.82) is 0 Å². The maximum absolute atomic E-state index is 13.1. The minimum Gasteiger partial charge on any atom is -0.439 e. The third-order valence-corrected chi connectivity index (χ3v) is 7.73. The predicted octanol–water partition coefficient (Wildman–Crippen LogP) is 5.11. The van der Waals surface area contributed by atoms with E-state index in [2.05, 4.69) is 25.0 Å². The van der Waals surface area contributed by atoms with E-state index >= 15 is 0 Å². The lowest BCUT2D eigenvalue weighted by Gasteiger charge is -2.32. The Balaban J connectivity index is 1.19. The third-order valence-electron chi connectivity index (χ3n) is 6.53. The summed E-state index contributed by atoms with van der Waals surface area (Å²) in [5.41, 5.74) is 3.54. The number of H-pyrrole nitrogens is 1. The number of rotatable bonds is 7. The maximum Gasteiger partial charge on any atom is 0.270 e. The van der Waals surface area contributed by atoms with Crippen molar-refractivity contribution in [3.8, 4) is 11.6 Å². The number of carbonyl (C=O) groups is 1. The molecule has 1 aliphatic heterocycles. The summed E-state index contributed by atoms with van der Waals surface area (Å²) in [6.45, 7) is 5.01. The first kappa shape index (κ1) is 26.8. The average molecular weight is 569 g/mol. The molecular weight excluding hydrogens is 540 g/mol. The molecule has 1 aliphatic rings. The number of benzene rings is 2. The molecule has 10 nitrogen and oxygen atoms in total. The lowest BCUT2D eigenvalue weighted by atomic mass is 10.0. The summed E-state index contributed by atoms with van der Waals surface area (Å²) in [5.74, 6) is 1.46. The minimum absolute atomic E-state index is 0.0949. The zero-order valence-electron chi connectivity index (χ0n) is 21.8. The Labute approximate surface area is 231 Å². The van der Waals surface area contributed by atoms with Gasteiger partial charge in [-0.05, 0) is 74.2 Å². The summed E-state index contributed by atoms with van der Waals surface area (Å²) in [6.07, 6.45) is 4.21. The van der Waals surface area contributed by atoms with Gasteiger partial charge < -0.3 is 19.9 Å². The molecule has 3 heterocycles. The van der Waals surface area contributed by atoms with Crippen molar-refractivity contribution >= 4 is 50.1 Å². The number of likely N-dealkylation sites (tertiary alicyclic amines) is 1. The van der Waals surface area contributed by atoms with Crippen LogP contribution >= 0.6 is 11.6 Å². The van der Waals surface area contributed by atoms with Crippen molar-refractivity contribution in [2.24, 2.45) is 0 Å². The summed E-state index contributed by atoms with van der Waals surface area (Å²) >= 11 is 6.26. The van der Waals surface area contributed by atoms with Gasteiger partial charge in [0.2, 0.25) is 21.9 Å². The quantitative estimate of drug-likeness (QED) is 0.282. The second-order valence-electron chi connectivity index (χ2n) is 9.76. The van der Waals surface area contributed by atoms with Crippen molar-refractivity contribution in [3.05, 3.63) is 70.5 Å². The number of carbonyl (C=O) groups excluding carboxylic acids is 1. The Morgan fingerprint density at radius 1 is 1.10 bits per heavy atom. The number of halogens is 1. The lowest BCUT2D eigenvalue weighted by molar-refractivity contribution is 0.0713. The summed E-state index contributed by atoms with van der Waals surface area (Å²) in [7, 11) is -3.38. The number of anilines is 2. The summed E-state index contributed by atoms with van der Waals surface area (Å²) in [4.78, 5) is 26.9. The van der Waals surface area contributed by atoms with Gasteiger partial charge in [0.15, 0.2) is 0 Å². The molecule has 0 saturated carbocycles. The molecule has 39 heavy (non-hydrogen) atoms. The molecule has 0 unspecified atom stereocenters. The van der Waals surface area contributed by atoms with Crippen molar-refractivity contribution in [1.82, 2.24) is 19.9 Å². The molecule has 0 aliphatic carbocycles. The number of hydrogen-bond acceptors (Lipinski definition) is 7. The van der Waals surface area contributed by atoms with Gasteiger partial charge in [0.1, 0.15) is 11.4 Å². The van der Waals surface area contributed by atoms with Crippen LogP contribution in [0.4, 0.5) is 11.6 Å². The van der Waals surface area contributed by atoms with Crippen LogP contribution in [0.15, 0.2) is 48.7 Å². The molecule has 204 valence electrons. The van der Waals surface area contributed by atoms with Crippen LogP contribution in [0.3, 0.4) is 0 Å². The van der Waals surface area contributed by atoms with Crippen LogP contribution in [0.5, 0.6) is 11.6 Å². The summed E-state index contributed by atoms with van der Waals surface area (Å²) < 4.78 is 31.4. The van der Waals surface area contributed by atoms with Crippen LogP contribution in [0.2, 0.25) is 5.02 Å². The van der Waals surface area contributed by atoms with Crippen LogP contribution in [0.25, 0.3) is 10.9 Å². The Hall–Kier alpha value is -3.83. The largest absolute Gasteiger partial charge is 0.439 e. The molecule has 12 heteroatoms. The van der Waals surface area contributed by atoms with Gasteiger partial charge in [0.05, 0.1) is 6.26 Å². The van der Waals surface area contributed by atoms with Crippen molar-refractivity contribution in [2.75, 3.05) is 29.4 Å². The first-order valence-electron chi connectivity index (χ1n) is 12.5. The highest BCUT2D eigenvalue weighted by Crippen LogP contribution is 2.29. The molecule has 2 aromatic heterocycles. The van der Waals surface area contributed by atoms with Crippen LogP contribution < -0.4 is 14.8 Å². The standard InChI is InChI=1S/C27H29ClN6O4S/c1-16-12-21(13-17(2)25(16)28)38-24-6-9-29-27(32-24)30-19-7-10-34(11-8-19)26(35)23-15-18-14-20(33-39(3,36)37)4-5-22(18)31-23/h4-6,9,12-15,19,31,33H,7-8,10-11H2,1-3H3,(H,29,30,32). The van der Waals surface area contributed by atoms with E-state index in [0.29, 0.717) is 42.0 Å². The first-order valence-corrected chi connectivity index (χ1v) is 14.7. The van der Waals surface area contributed by atoms with Gasteiger partial charge in [-0.2, -0.15) is 4.98 Å². The number of aromatic amines is 1. The van der Waals surface area contributed by atoms with Gasteiger partial charge in [-0.3, -0.25) is 9.52 Å². The highest BCUT2D eigenvalue weighted by atomic mass is 35.5. The molecule has 4 aromatic rings. The number of fused-ring (bicyclic) bond motifs is 1. The van der Waals surface area contributed by atoms with Crippen LogP contribution in [-0.4, -0.2) is 59.6 Å². The van der Waals surface area contributed by atoms with E-state index in [4.69, 9.17) is 16.3 Å². The lowest BCUT2D eigenvalue weighted by Crippen LogP contribution is -2.42. The molecule has 5 rings (SSSR count). The molecule has 1 amide bonds. The number of hydrogen-bond donors (Lipinski definition) is 3. The number of sulfonamides is 1. The number of piperidine rings is 1. The number of aryl methyl sites for hydroxylation is 2. The third kappa shape index (κ3) is 6.43. The number of nitrogens with one attached hydrogen (secondary N) is 3. The SMILES string of the molecule is Cc1cc(Oc2ccnc(NC3CCN(C(=O)c4cc5cc(NS(C)(=O)=O)ccc5[nH]4)CC3)n2)cc(C)c1Cl. The highest BCUT2D eigenvalue weighted by Gasteiger charge is 2.25. The molecule has 1 saturated heterocycles. The minimum atomic E-state index is -3.38. The van der Waals surface area contributed by atoms with Crippen LogP contribution in [0.1, 0.15) is 34.5 Å². The molecule has 2 aromatic carbocycles. The zero-order chi connectivity index (χ0) is 27.7. The normalized spacial score (nSPS) is 14.4. The van der Waals surface area contributed by atoms with Crippen LogP contribution in [0, 0.1) is 13.8 Å². The number of nitrogens with zero attached hydrogens (tertiary/aromatic N) is 3. The Morgan fingerprint density at radius 3 is 2.51 bits per heavy atom. The van der Waals surface area contributed by atoms with Gasteiger partial charge in [-0.1, -0.05) is 11.6 Å². The van der Waals surface area contributed by atoms with Gasteiger partial charge in [-0.15, -0.1) is 0 Å². The fourth-order valence-electron chi connectivity index (χ4n) is 4.66. The predicted molar refractivity (Wildman–Crippen MR) is 152 cm³/mol. The Morgan fingerprint density at radius 2 is 1.82 bits per heavy atom. The maximum atomic E-state index is 13.1. The summed E-state index contributed by atoms with van der Waals surface area (Å²) in [6, 6.07) is 12.4. The second-order valence-corrected chi connectivity index (χ2v) is 11.9. The van der Waals surface area contributed by atoms with E-state index in [9.17, 15) is 13.2 Å². The van der Waals surface area contributed by atoms with Crippen molar-refractivity contribution in [3.63, 3.8) is 0 Å². The molecule has 0 radical (unpaired) electrons. The van der Waals surface area contributed by atoms with E-state index < -0.39 is 10.0 Å². The average Bonchev–Trinajstić information content (AvgIpc) is 3.30. The molecular formula is C27H29ClN6O4S. The summed E-state index contributed by atoms with van der Waals surface area (Å²) in [5, 5.41) is 4.84. The molecule has 1 fully saturated rings. The van der Waals surface area contributed by atoms with E-state index in [0.717, 1.165) is 46.1 Å². The first-order chi connectivity index (χ1) is 18.5. The van der Waals surface area contributed by atoms with E-state index in [-0.39, 0.29) is 11.9 Å². The molecule has 0 spiro atoms. The van der Waals surface area contributed by atoms with Gasteiger partial charge >= 0.3 is 0 Å². The van der Waals surface area contributed by atoms with Crippen molar-refractivity contribution in [2.45, 2.75) is 32.7 Å². The van der Waals surface area contributed by atoms with E-state index in [1.807, 2.05) is 30.9 Å². The topological polar surface area (TPSA) is 129 Å². The number of ether oxygens (including phenoxy) is 1. The van der Waals surface area contributed by atoms with Crippen LogP contribution in [-0.2, 0) is 10.0 Å². The highest BCUT2D eigenvalue weighted by molar-refractivity contribution is 7.92. The van der Waals surface area contributed by atoms with E-state index in [1.54, 1.807) is 36.5 Å². The Bertz CT molecular complexity index is 1620. The fraction of sp³-hybridized carbons (Fsp3) is 0.296. The monoisotopic (exact) mass is 568 g/mol.